The molecule has 0 aliphatic carbocycles. The second-order valence-corrected chi connectivity index (χ2v) is 6.33. The van der Waals surface area contributed by atoms with Crippen molar-refractivity contribution in [3.63, 3.8) is 0 Å². The first-order valence-corrected chi connectivity index (χ1v) is 8.48. The number of ether oxygens (including phenoxy) is 1. The zero-order chi connectivity index (χ0) is 18.1. The number of para-hydroxylation sites is 1. The predicted molar refractivity (Wildman–Crippen MR) is 97.6 cm³/mol. The zero-order valence-corrected chi connectivity index (χ0v) is 14.4. The van der Waals surface area contributed by atoms with Crippen LogP contribution in [-0.2, 0) is 22.5 Å². The third-order valence-corrected chi connectivity index (χ3v) is 4.85. The Labute approximate surface area is 151 Å². The molecule has 26 heavy (non-hydrogen) atoms. The number of rotatable bonds is 2. The first-order chi connectivity index (χ1) is 12.7. The Hall–Kier alpha value is -3.21. The van der Waals surface area contributed by atoms with Crippen LogP contribution in [0.3, 0.4) is 0 Å². The van der Waals surface area contributed by atoms with Gasteiger partial charge < -0.3 is 9.64 Å². The molecule has 0 N–H and O–H groups in total. The Morgan fingerprint density at radius 2 is 1.81 bits per heavy atom. The van der Waals surface area contributed by atoms with Crippen LogP contribution in [0.1, 0.15) is 21.5 Å². The van der Waals surface area contributed by atoms with Crippen molar-refractivity contribution in [2.24, 2.45) is 0 Å². The van der Waals surface area contributed by atoms with Gasteiger partial charge in [0.2, 0.25) is 0 Å². The molecular weight excluding hydrogens is 328 g/mol. The number of hydrogen-bond acceptors (Lipinski definition) is 4. The van der Waals surface area contributed by atoms with Gasteiger partial charge in [-0.3, -0.25) is 9.78 Å². The van der Waals surface area contributed by atoms with Crippen molar-refractivity contribution in [1.29, 1.82) is 0 Å². The molecular formula is C21H18N2O3. The van der Waals surface area contributed by atoms with E-state index in [-0.39, 0.29) is 5.91 Å². The monoisotopic (exact) mass is 346 g/mol. The van der Waals surface area contributed by atoms with Gasteiger partial charge in [0.1, 0.15) is 6.04 Å². The second kappa shape index (κ2) is 6.59. The number of carbonyl (C=O) groups excluding carboxylic acids is 2. The lowest BCUT2D eigenvalue weighted by Crippen LogP contribution is -2.49. The molecule has 0 radical (unpaired) electrons. The first-order valence-electron chi connectivity index (χ1n) is 8.48. The summed E-state index contributed by atoms with van der Waals surface area (Å²) in [7, 11) is 1.35. The largest absolute Gasteiger partial charge is 0.467 e. The standard InChI is InChI=1S/C21H18N2O3/c1-26-21(25)18-12-15-6-2-3-7-16(15)13-23(18)20(24)17-10-4-8-14-9-5-11-22-19(14)17/h2-11,18H,12-13H2,1H3. The maximum Gasteiger partial charge on any atom is 0.328 e. The molecule has 2 heterocycles. The van der Waals surface area contributed by atoms with Crippen molar-refractivity contribution in [2.45, 2.75) is 19.0 Å². The lowest BCUT2D eigenvalue weighted by atomic mass is 9.93. The van der Waals surface area contributed by atoms with E-state index >= 15 is 0 Å². The molecule has 1 aromatic heterocycles. The fraction of sp³-hybridized carbons (Fsp3) is 0.190. The number of hydrogen-bond donors (Lipinski definition) is 0. The minimum absolute atomic E-state index is 0.209. The van der Waals surface area contributed by atoms with Gasteiger partial charge in [0.15, 0.2) is 0 Å². The summed E-state index contributed by atoms with van der Waals surface area (Å²) in [6.07, 6.45) is 2.12. The van der Waals surface area contributed by atoms with Crippen LogP contribution in [0.15, 0.2) is 60.8 Å². The van der Waals surface area contributed by atoms with Crippen LogP contribution in [0, 0.1) is 0 Å². The molecule has 5 heteroatoms. The number of amides is 1. The van der Waals surface area contributed by atoms with E-state index < -0.39 is 12.0 Å². The van der Waals surface area contributed by atoms with E-state index in [1.807, 2.05) is 48.5 Å². The van der Waals surface area contributed by atoms with Crippen molar-refractivity contribution in [1.82, 2.24) is 9.88 Å². The molecule has 3 aromatic rings. The Balaban J connectivity index is 1.78. The smallest absolute Gasteiger partial charge is 0.328 e. The lowest BCUT2D eigenvalue weighted by molar-refractivity contribution is -0.146. The molecule has 130 valence electrons. The molecule has 5 nitrogen and oxygen atoms in total. The highest BCUT2D eigenvalue weighted by Crippen LogP contribution is 2.27. The highest BCUT2D eigenvalue weighted by Gasteiger charge is 2.36. The van der Waals surface area contributed by atoms with E-state index in [1.165, 1.54) is 7.11 Å². The van der Waals surface area contributed by atoms with E-state index in [9.17, 15) is 9.59 Å². The fourth-order valence-electron chi connectivity index (χ4n) is 3.51. The molecule has 1 aliphatic rings. The van der Waals surface area contributed by atoms with Crippen molar-refractivity contribution in [2.75, 3.05) is 7.11 Å². The molecule has 0 bridgehead atoms. The zero-order valence-electron chi connectivity index (χ0n) is 14.4. The molecule has 0 saturated carbocycles. The van der Waals surface area contributed by atoms with Crippen LogP contribution >= 0.6 is 0 Å². The predicted octanol–water partition coefficient (Wildman–Crippen LogP) is 2.97. The van der Waals surface area contributed by atoms with E-state index in [4.69, 9.17) is 4.74 Å². The number of benzene rings is 2. The van der Waals surface area contributed by atoms with Gasteiger partial charge in [-0.1, -0.05) is 42.5 Å². The quantitative estimate of drug-likeness (QED) is 0.670. The van der Waals surface area contributed by atoms with Crippen molar-refractivity contribution >= 4 is 22.8 Å². The van der Waals surface area contributed by atoms with Gasteiger partial charge >= 0.3 is 5.97 Å². The average molecular weight is 346 g/mol. The van der Waals surface area contributed by atoms with E-state index in [2.05, 4.69) is 4.98 Å². The van der Waals surface area contributed by atoms with Gasteiger partial charge in [0.05, 0.1) is 18.2 Å². The van der Waals surface area contributed by atoms with Gasteiger partial charge in [-0.2, -0.15) is 0 Å². The molecule has 1 amide bonds. The number of carbonyl (C=O) groups is 2. The number of nitrogens with zero attached hydrogens (tertiary/aromatic N) is 2. The number of aromatic nitrogens is 1. The summed E-state index contributed by atoms with van der Waals surface area (Å²) >= 11 is 0. The normalized spacial score (nSPS) is 16.2. The SMILES string of the molecule is COC(=O)C1Cc2ccccc2CN1C(=O)c1cccc2cccnc12. The summed E-state index contributed by atoms with van der Waals surface area (Å²) < 4.78 is 4.96. The summed E-state index contributed by atoms with van der Waals surface area (Å²) in [6, 6.07) is 16.5. The molecule has 2 aromatic carbocycles. The second-order valence-electron chi connectivity index (χ2n) is 6.33. The number of fused-ring (bicyclic) bond motifs is 2. The Bertz CT molecular complexity index is 994. The Kier molecular flexibility index (Phi) is 4.13. The lowest BCUT2D eigenvalue weighted by Gasteiger charge is -2.35. The molecule has 1 unspecified atom stereocenters. The van der Waals surface area contributed by atoms with Crippen LogP contribution in [0.25, 0.3) is 10.9 Å². The van der Waals surface area contributed by atoms with E-state index in [1.54, 1.807) is 17.2 Å². The van der Waals surface area contributed by atoms with Gasteiger partial charge in [0, 0.05) is 24.5 Å². The van der Waals surface area contributed by atoms with Gasteiger partial charge in [-0.25, -0.2) is 4.79 Å². The van der Waals surface area contributed by atoms with Crippen molar-refractivity contribution in [3.05, 3.63) is 77.5 Å². The maximum atomic E-state index is 13.3. The third kappa shape index (κ3) is 2.71. The van der Waals surface area contributed by atoms with Crippen molar-refractivity contribution in [3.8, 4) is 0 Å². The minimum atomic E-state index is -0.638. The Morgan fingerprint density at radius 1 is 1.04 bits per heavy atom. The topological polar surface area (TPSA) is 59.5 Å². The van der Waals surface area contributed by atoms with Crippen LogP contribution < -0.4 is 0 Å². The number of pyridine rings is 1. The molecule has 1 atom stereocenters. The van der Waals surface area contributed by atoms with Crippen molar-refractivity contribution < 1.29 is 14.3 Å². The van der Waals surface area contributed by atoms with E-state index in [0.717, 1.165) is 16.5 Å². The third-order valence-electron chi connectivity index (χ3n) is 4.85. The number of esters is 1. The Morgan fingerprint density at radius 3 is 2.62 bits per heavy atom. The molecule has 4 rings (SSSR count). The minimum Gasteiger partial charge on any atom is -0.467 e. The summed E-state index contributed by atoms with van der Waals surface area (Å²) in [5.74, 6) is -0.611. The summed E-state index contributed by atoms with van der Waals surface area (Å²) in [5.41, 5.74) is 3.26. The highest BCUT2D eigenvalue weighted by atomic mass is 16.5. The number of methoxy groups -OCH3 is 1. The molecule has 0 saturated heterocycles. The van der Waals surface area contributed by atoms with Crippen LogP contribution in [-0.4, -0.2) is 34.9 Å². The van der Waals surface area contributed by atoms with Gasteiger partial charge in [-0.15, -0.1) is 0 Å². The first kappa shape index (κ1) is 16.3. The highest BCUT2D eigenvalue weighted by molar-refractivity contribution is 6.06. The fourth-order valence-corrected chi connectivity index (χ4v) is 3.51. The van der Waals surface area contributed by atoms with Crippen LogP contribution in [0.2, 0.25) is 0 Å². The molecule has 0 fully saturated rings. The van der Waals surface area contributed by atoms with E-state index in [0.29, 0.717) is 24.0 Å². The van der Waals surface area contributed by atoms with Crippen LogP contribution in [0.4, 0.5) is 0 Å². The summed E-state index contributed by atoms with van der Waals surface area (Å²) in [5, 5.41) is 0.894. The summed E-state index contributed by atoms with van der Waals surface area (Å²) in [6.45, 7) is 0.373. The molecule has 1 aliphatic heterocycles. The van der Waals surface area contributed by atoms with Gasteiger partial charge in [-0.05, 0) is 23.3 Å². The average Bonchev–Trinajstić information content (AvgIpc) is 2.71. The maximum absolute atomic E-state index is 13.3. The van der Waals surface area contributed by atoms with Crippen LogP contribution in [0.5, 0.6) is 0 Å². The molecule has 0 spiro atoms. The van der Waals surface area contributed by atoms with Gasteiger partial charge in [0.25, 0.3) is 5.91 Å². The summed E-state index contributed by atoms with van der Waals surface area (Å²) in [4.78, 5) is 31.6.